The number of carbonyl (C=O) groups is 3. The van der Waals surface area contributed by atoms with Crippen LogP contribution in [0.1, 0.15) is 50.1 Å². The third-order valence-corrected chi connectivity index (χ3v) is 7.68. The van der Waals surface area contributed by atoms with Crippen LogP contribution in [-0.4, -0.2) is 84.3 Å². The topological polar surface area (TPSA) is 108 Å². The minimum atomic E-state index is -0.600. The smallest absolute Gasteiger partial charge is 0.410 e. The number of amides is 3. The molecule has 0 bridgehead atoms. The second-order valence-electron chi connectivity index (χ2n) is 12.0. The Morgan fingerprint density at radius 2 is 1.74 bits per heavy atom. The average molecular weight is 578 g/mol. The van der Waals surface area contributed by atoms with Gasteiger partial charge in [0.2, 0.25) is 11.8 Å². The Hall–Kier alpha value is -4.08. The number of carbonyl (C=O) groups excluding carboxylic acids is 3. The summed E-state index contributed by atoms with van der Waals surface area (Å²) in [6.45, 7) is 12.2. The van der Waals surface area contributed by atoms with E-state index in [0.29, 0.717) is 18.7 Å². The third kappa shape index (κ3) is 7.40. The van der Waals surface area contributed by atoms with Gasteiger partial charge in [0.15, 0.2) is 5.58 Å². The highest BCUT2D eigenvalue weighted by molar-refractivity contribution is 5.90. The zero-order valence-corrected chi connectivity index (χ0v) is 25.8. The number of hydrogen-bond donors (Lipinski definition) is 1. The van der Waals surface area contributed by atoms with E-state index >= 15 is 0 Å². The van der Waals surface area contributed by atoms with Crippen LogP contribution in [-0.2, 0) is 27.2 Å². The van der Waals surface area contributed by atoms with Crippen LogP contribution in [0.2, 0.25) is 0 Å². The van der Waals surface area contributed by atoms with Gasteiger partial charge < -0.3 is 29.3 Å². The van der Waals surface area contributed by atoms with Crippen LogP contribution >= 0.6 is 0 Å². The summed E-state index contributed by atoms with van der Waals surface area (Å²) in [5, 5.41) is 7.82. The number of ether oxygens (including phenoxy) is 1. The number of fused-ring (bicyclic) bond motifs is 2. The molecule has 10 nitrogen and oxygen atoms in total. The average Bonchev–Trinajstić information content (AvgIpc) is 3.52. The van der Waals surface area contributed by atoms with Crippen LogP contribution in [0.4, 0.5) is 10.5 Å². The first-order chi connectivity index (χ1) is 19.9. The number of hydrogen-bond acceptors (Lipinski definition) is 7. The summed E-state index contributed by atoms with van der Waals surface area (Å²) in [6, 6.07) is 12.2. The highest BCUT2D eigenvalue weighted by Crippen LogP contribution is 2.29. The van der Waals surface area contributed by atoms with Gasteiger partial charge in [0.05, 0.1) is 18.8 Å². The van der Waals surface area contributed by atoms with Crippen LogP contribution in [0.3, 0.4) is 0 Å². The van der Waals surface area contributed by atoms with E-state index in [1.165, 1.54) is 11.1 Å². The summed E-state index contributed by atoms with van der Waals surface area (Å²) in [5.41, 5.74) is 4.99. The summed E-state index contributed by atoms with van der Waals surface area (Å²) in [6.07, 6.45) is 1.21. The SMILES string of the molecule is CCN(CCNC(=O)CN(CC(=O)N(C)C1Cc2ccccc2C1)c1cc2c(C)noc2cc1C)C(=O)OC(C)(C)C. The van der Waals surface area contributed by atoms with Crippen molar-refractivity contribution in [1.82, 2.24) is 20.3 Å². The maximum absolute atomic E-state index is 13.6. The van der Waals surface area contributed by atoms with Crippen molar-refractivity contribution in [3.8, 4) is 0 Å². The second kappa shape index (κ2) is 12.8. The molecular weight excluding hydrogens is 534 g/mol. The lowest BCUT2D eigenvalue weighted by atomic mass is 10.1. The molecule has 0 aliphatic heterocycles. The van der Waals surface area contributed by atoms with E-state index < -0.39 is 11.7 Å². The predicted molar refractivity (Wildman–Crippen MR) is 163 cm³/mol. The first-order valence-corrected chi connectivity index (χ1v) is 14.5. The minimum absolute atomic E-state index is 0.0281. The fourth-order valence-corrected chi connectivity index (χ4v) is 5.31. The number of nitrogens with one attached hydrogen (secondary N) is 1. The number of rotatable bonds is 10. The van der Waals surface area contributed by atoms with E-state index in [0.717, 1.165) is 35.2 Å². The molecule has 0 atom stereocenters. The second-order valence-corrected chi connectivity index (χ2v) is 12.0. The molecule has 1 aromatic heterocycles. The fourth-order valence-electron chi connectivity index (χ4n) is 5.31. The Balaban J connectivity index is 1.46. The van der Waals surface area contributed by atoms with Gasteiger partial charge in [-0.2, -0.15) is 0 Å². The van der Waals surface area contributed by atoms with Crippen molar-refractivity contribution in [3.05, 3.63) is 58.8 Å². The van der Waals surface area contributed by atoms with Gasteiger partial charge in [-0.05, 0) is 83.2 Å². The molecule has 0 fully saturated rings. The van der Waals surface area contributed by atoms with Crippen molar-refractivity contribution in [2.45, 2.75) is 66.0 Å². The molecule has 1 heterocycles. The Morgan fingerprint density at radius 3 is 2.36 bits per heavy atom. The maximum atomic E-state index is 13.6. The zero-order valence-electron chi connectivity index (χ0n) is 25.8. The van der Waals surface area contributed by atoms with Crippen molar-refractivity contribution in [1.29, 1.82) is 0 Å². The van der Waals surface area contributed by atoms with Crippen LogP contribution in [0.25, 0.3) is 11.0 Å². The third-order valence-electron chi connectivity index (χ3n) is 7.68. The largest absolute Gasteiger partial charge is 0.444 e. The van der Waals surface area contributed by atoms with Crippen molar-refractivity contribution in [3.63, 3.8) is 0 Å². The number of benzene rings is 2. The van der Waals surface area contributed by atoms with E-state index in [1.54, 1.807) is 4.90 Å². The van der Waals surface area contributed by atoms with Gasteiger partial charge in [0.25, 0.3) is 0 Å². The Labute approximate surface area is 247 Å². The van der Waals surface area contributed by atoms with Gasteiger partial charge in [0.1, 0.15) is 5.60 Å². The highest BCUT2D eigenvalue weighted by atomic mass is 16.6. The van der Waals surface area contributed by atoms with Crippen molar-refractivity contribution >= 4 is 34.6 Å². The normalized spacial score (nSPS) is 13.1. The van der Waals surface area contributed by atoms with Crippen molar-refractivity contribution in [2.24, 2.45) is 0 Å². The van der Waals surface area contributed by atoms with Crippen LogP contribution in [0.5, 0.6) is 0 Å². The number of likely N-dealkylation sites (N-methyl/N-ethyl adjacent to an activating group) is 2. The van der Waals surface area contributed by atoms with Crippen molar-refractivity contribution in [2.75, 3.05) is 44.7 Å². The Kier molecular flexibility index (Phi) is 9.43. The standard InChI is InChI=1S/C32H43N5O5/c1-8-36(31(40)41-32(4,5)6)14-13-33-29(38)19-37(27-18-26-22(3)34-42-28(26)15-21(27)2)20-30(39)35(7)25-16-23-11-9-10-12-24(23)17-25/h9-12,15,18,25H,8,13-14,16-17,19-20H2,1-7H3,(H,33,38). The van der Waals surface area contributed by atoms with Gasteiger partial charge in [-0.3, -0.25) is 9.59 Å². The van der Waals surface area contributed by atoms with Gasteiger partial charge in [-0.15, -0.1) is 0 Å². The molecule has 4 rings (SSSR count). The lowest BCUT2D eigenvalue weighted by Gasteiger charge is -2.30. The first-order valence-electron chi connectivity index (χ1n) is 14.5. The predicted octanol–water partition coefficient (Wildman–Crippen LogP) is 4.25. The highest BCUT2D eigenvalue weighted by Gasteiger charge is 2.29. The number of anilines is 1. The molecule has 1 aliphatic carbocycles. The van der Waals surface area contributed by atoms with E-state index in [-0.39, 0.29) is 37.5 Å². The van der Waals surface area contributed by atoms with Gasteiger partial charge >= 0.3 is 6.09 Å². The van der Waals surface area contributed by atoms with Gasteiger partial charge in [-0.1, -0.05) is 29.4 Å². The molecule has 2 aromatic carbocycles. The Bertz CT molecular complexity index is 1420. The maximum Gasteiger partial charge on any atom is 0.410 e. The number of nitrogens with zero attached hydrogens (tertiary/aromatic N) is 4. The molecule has 1 N–H and O–H groups in total. The van der Waals surface area contributed by atoms with Crippen LogP contribution in [0, 0.1) is 13.8 Å². The molecule has 1 aliphatic rings. The number of aryl methyl sites for hydroxylation is 2. The van der Waals surface area contributed by atoms with Gasteiger partial charge in [-0.25, -0.2) is 4.79 Å². The monoisotopic (exact) mass is 577 g/mol. The Morgan fingerprint density at radius 1 is 1.07 bits per heavy atom. The fraction of sp³-hybridized carbons (Fsp3) is 0.500. The van der Waals surface area contributed by atoms with E-state index in [1.807, 2.05) is 82.7 Å². The first kappa shape index (κ1) is 30.9. The van der Waals surface area contributed by atoms with Crippen LogP contribution < -0.4 is 10.2 Å². The lowest BCUT2D eigenvalue weighted by molar-refractivity contribution is -0.130. The molecule has 0 saturated carbocycles. The molecule has 0 radical (unpaired) electrons. The van der Waals surface area contributed by atoms with E-state index in [2.05, 4.69) is 22.6 Å². The zero-order chi connectivity index (χ0) is 30.6. The summed E-state index contributed by atoms with van der Waals surface area (Å²) in [4.78, 5) is 44.5. The van der Waals surface area contributed by atoms with Crippen LogP contribution in [0.15, 0.2) is 40.9 Å². The molecule has 10 heteroatoms. The van der Waals surface area contributed by atoms with Gasteiger partial charge in [0, 0.05) is 43.8 Å². The minimum Gasteiger partial charge on any atom is -0.444 e. The van der Waals surface area contributed by atoms with E-state index in [9.17, 15) is 14.4 Å². The summed E-state index contributed by atoms with van der Waals surface area (Å²) in [5.74, 6) is -0.315. The molecule has 42 heavy (non-hydrogen) atoms. The summed E-state index contributed by atoms with van der Waals surface area (Å²) >= 11 is 0. The quantitative estimate of drug-likeness (QED) is 0.384. The molecule has 226 valence electrons. The number of aromatic nitrogens is 1. The summed E-state index contributed by atoms with van der Waals surface area (Å²) in [7, 11) is 1.84. The van der Waals surface area contributed by atoms with E-state index in [4.69, 9.17) is 9.26 Å². The summed E-state index contributed by atoms with van der Waals surface area (Å²) < 4.78 is 10.9. The lowest BCUT2D eigenvalue weighted by Crippen LogP contribution is -2.47. The molecular formula is C32H43N5O5. The molecule has 3 aromatic rings. The molecule has 0 spiro atoms. The molecule has 0 saturated heterocycles. The van der Waals surface area contributed by atoms with Crippen molar-refractivity contribution < 1.29 is 23.6 Å². The molecule has 3 amide bonds. The molecule has 0 unspecified atom stereocenters.